The highest BCUT2D eigenvalue weighted by Gasteiger charge is 2.17. The van der Waals surface area contributed by atoms with Gasteiger partial charge in [0, 0.05) is 5.56 Å². The predicted octanol–water partition coefficient (Wildman–Crippen LogP) is 3.17. The molecule has 2 aromatic carbocycles. The number of carbonyl (C=O) groups excluding carboxylic acids is 1. The van der Waals surface area contributed by atoms with E-state index in [1.54, 1.807) is 6.92 Å². The molecule has 0 fully saturated rings. The summed E-state index contributed by atoms with van der Waals surface area (Å²) in [6, 6.07) is 12.3. The van der Waals surface area contributed by atoms with E-state index in [1.165, 1.54) is 0 Å². The molecule has 0 heterocycles. The fraction of sp³-hybridized carbons (Fsp3) is 0.118. The molecule has 130 valence electrons. The van der Waals surface area contributed by atoms with Crippen LogP contribution in [0, 0.1) is 0 Å². The largest absolute Gasteiger partial charge is 0.478 e. The fourth-order valence-electron chi connectivity index (χ4n) is 2.11. The van der Waals surface area contributed by atoms with Gasteiger partial charge < -0.3 is 15.5 Å². The lowest BCUT2D eigenvalue weighted by atomic mass is 10.0. The normalized spacial score (nSPS) is 10.8. The van der Waals surface area contributed by atoms with Crippen molar-refractivity contribution in [2.45, 2.75) is 13.0 Å². The van der Waals surface area contributed by atoms with Gasteiger partial charge in [-0.05, 0) is 38.7 Å². The van der Waals surface area contributed by atoms with Crippen molar-refractivity contribution in [1.82, 2.24) is 5.32 Å². The van der Waals surface area contributed by atoms with Gasteiger partial charge in [0.2, 0.25) is 0 Å². The minimum absolute atomic E-state index is 0.00918. The van der Waals surface area contributed by atoms with Crippen LogP contribution in [-0.4, -0.2) is 28.1 Å². The molecule has 1 atom stereocenters. The zero-order valence-corrected chi connectivity index (χ0v) is 15.0. The van der Waals surface area contributed by atoms with Crippen LogP contribution in [0.15, 0.2) is 48.5 Å². The van der Waals surface area contributed by atoms with Crippen molar-refractivity contribution < 1.29 is 24.6 Å². The second kappa shape index (κ2) is 9.61. The number of hydrogen-bond donors (Lipinski definition) is 3. The molecule has 0 aliphatic carbocycles. The van der Waals surface area contributed by atoms with E-state index in [0.717, 1.165) is 23.8 Å². The van der Waals surface area contributed by atoms with Crippen LogP contribution in [0.25, 0.3) is 0 Å². The lowest BCUT2D eigenvalue weighted by Crippen LogP contribution is -2.27. The Kier molecular flexibility index (Phi) is 7.85. The average Bonchev–Trinajstić information content (AvgIpc) is 2.63. The van der Waals surface area contributed by atoms with Gasteiger partial charge in [0.15, 0.2) is 0 Å². The Hall–Kier alpha value is -2.63. The first-order valence-corrected chi connectivity index (χ1v) is 8.69. The number of benzene rings is 2. The molecule has 0 aliphatic heterocycles. The standard InChI is InChI=1S/C17H15NO5.HPS/c1-10(11-5-3-2-4-6-11)18-15(19)12-7-13(16(20)21)9-14(8-12)17(22)23;1-2/h2-10H,1H3,(H,18,19)(H,20,21)(H,22,23);1H. The van der Waals surface area contributed by atoms with Crippen LogP contribution in [0.3, 0.4) is 0 Å². The van der Waals surface area contributed by atoms with Gasteiger partial charge in [-0.2, -0.15) is 0 Å². The molecule has 1 amide bonds. The van der Waals surface area contributed by atoms with Gasteiger partial charge in [-0.25, -0.2) is 9.59 Å². The van der Waals surface area contributed by atoms with Gasteiger partial charge in [0.1, 0.15) is 0 Å². The summed E-state index contributed by atoms with van der Waals surface area (Å²) in [5.41, 5.74) is 0.378. The molecule has 0 saturated heterocycles. The summed E-state index contributed by atoms with van der Waals surface area (Å²) in [5, 5.41) is 20.8. The summed E-state index contributed by atoms with van der Waals surface area (Å²) < 4.78 is 0. The molecular formula is C17H16NO5PS. The van der Waals surface area contributed by atoms with E-state index in [-0.39, 0.29) is 22.7 Å². The lowest BCUT2D eigenvalue weighted by Gasteiger charge is -2.14. The smallest absolute Gasteiger partial charge is 0.335 e. The van der Waals surface area contributed by atoms with Crippen molar-refractivity contribution in [1.29, 1.82) is 0 Å². The Morgan fingerprint density at radius 3 is 1.80 bits per heavy atom. The molecule has 3 N–H and O–H groups in total. The van der Waals surface area contributed by atoms with Crippen LogP contribution in [0.2, 0.25) is 0 Å². The van der Waals surface area contributed by atoms with E-state index in [2.05, 4.69) is 25.1 Å². The van der Waals surface area contributed by atoms with Crippen molar-refractivity contribution in [3.63, 3.8) is 0 Å². The quantitative estimate of drug-likeness (QED) is 0.692. The van der Waals surface area contributed by atoms with Crippen LogP contribution >= 0.6 is 8.02 Å². The maximum Gasteiger partial charge on any atom is 0.335 e. The highest BCUT2D eigenvalue weighted by Crippen LogP contribution is 2.15. The van der Waals surface area contributed by atoms with E-state index >= 15 is 0 Å². The number of nitrogens with one attached hydrogen (secondary N) is 1. The summed E-state index contributed by atoms with van der Waals surface area (Å²) >= 11 is 3.89. The molecule has 0 aliphatic rings. The van der Waals surface area contributed by atoms with Crippen molar-refractivity contribution in [3.05, 3.63) is 70.8 Å². The van der Waals surface area contributed by atoms with E-state index in [0.29, 0.717) is 0 Å². The SMILES string of the molecule is CC(NC(=O)c1cc(C(=O)O)cc(C(=O)O)c1)c1ccccc1.P=S. The summed E-state index contributed by atoms with van der Waals surface area (Å²) in [7, 11) is 2.56. The monoisotopic (exact) mass is 377 g/mol. The summed E-state index contributed by atoms with van der Waals surface area (Å²) in [4.78, 5) is 34.4. The molecule has 2 aromatic rings. The molecule has 1 unspecified atom stereocenters. The number of hydrogen-bond acceptors (Lipinski definition) is 4. The summed E-state index contributed by atoms with van der Waals surface area (Å²) in [6.45, 7) is 1.78. The van der Waals surface area contributed by atoms with Crippen molar-refractivity contribution in [2.75, 3.05) is 0 Å². The third-order valence-corrected chi connectivity index (χ3v) is 3.34. The van der Waals surface area contributed by atoms with Gasteiger partial charge in [-0.15, -0.1) is 0 Å². The second-order valence-corrected chi connectivity index (χ2v) is 5.02. The van der Waals surface area contributed by atoms with Crippen molar-refractivity contribution >= 4 is 37.7 Å². The highest BCUT2D eigenvalue weighted by atomic mass is 32.4. The minimum atomic E-state index is -1.29. The molecule has 8 heteroatoms. The minimum Gasteiger partial charge on any atom is -0.478 e. The van der Waals surface area contributed by atoms with Gasteiger partial charge in [-0.1, -0.05) is 42.1 Å². The van der Waals surface area contributed by atoms with E-state index in [1.807, 2.05) is 30.3 Å². The van der Waals surface area contributed by atoms with E-state index < -0.39 is 17.8 Å². The first-order valence-electron chi connectivity index (χ1n) is 7.06. The Labute approximate surface area is 151 Å². The first kappa shape index (κ1) is 20.4. The maximum absolute atomic E-state index is 12.3. The van der Waals surface area contributed by atoms with E-state index in [9.17, 15) is 14.4 Å². The molecule has 0 radical (unpaired) electrons. The molecule has 25 heavy (non-hydrogen) atoms. The van der Waals surface area contributed by atoms with Crippen LogP contribution in [-0.2, 0) is 11.8 Å². The Morgan fingerprint density at radius 1 is 0.920 bits per heavy atom. The molecule has 0 spiro atoms. The molecule has 0 bridgehead atoms. The van der Waals surface area contributed by atoms with Crippen LogP contribution in [0.5, 0.6) is 0 Å². The number of amides is 1. The van der Waals surface area contributed by atoms with E-state index in [4.69, 9.17) is 10.2 Å². The Bertz CT molecular complexity index is 750. The molecule has 0 saturated carbocycles. The predicted molar refractivity (Wildman–Crippen MR) is 98.4 cm³/mol. The van der Waals surface area contributed by atoms with Gasteiger partial charge in [0.05, 0.1) is 17.2 Å². The van der Waals surface area contributed by atoms with Crippen LogP contribution < -0.4 is 5.32 Å². The van der Waals surface area contributed by atoms with Crippen molar-refractivity contribution in [2.24, 2.45) is 0 Å². The number of carboxylic acid groups (broad SMARTS) is 2. The number of aromatic carboxylic acids is 2. The lowest BCUT2D eigenvalue weighted by molar-refractivity contribution is 0.0696. The molecule has 2 rings (SSSR count). The zero-order valence-electron chi connectivity index (χ0n) is 13.2. The number of carbonyl (C=O) groups is 3. The molecule has 0 aromatic heterocycles. The number of carboxylic acids is 2. The van der Waals surface area contributed by atoms with Crippen LogP contribution in [0.1, 0.15) is 49.6 Å². The highest BCUT2D eigenvalue weighted by molar-refractivity contribution is 7.88. The summed E-state index contributed by atoms with van der Waals surface area (Å²) in [5.74, 6) is -3.12. The average molecular weight is 377 g/mol. The second-order valence-electron chi connectivity index (χ2n) is 5.02. The first-order chi connectivity index (χ1) is 11.9. The third kappa shape index (κ3) is 5.74. The van der Waals surface area contributed by atoms with Gasteiger partial charge in [-0.3, -0.25) is 4.79 Å². The third-order valence-electron chi connectivity index (χ3n) is 3.34. The van der Waals surface area contributed by atoms with Crippen LogP contribution in [0.4, 0.5) is 0 Å². The van der Waals surface area contributed by atoms with Gasteiger partial charge in [0.25, 0.3) is 5.91 Å². The van der Waals surface area contributed by atoms with Crippen molar-refractivity contribution in [3.8, 4) is 0 Å². The topological polar surface area (TPSA) is 104 Å². The molecular weight excluding hydrogens is 361 g/mol. The number of rotatable bonds is 5. The zero-order chi connectivity index (χ0) is 19.0. The Balaban J connectivity index is 0.00000151. The summed E-state index contributed by atoms with van der Waals surface area (Å²) in [6.07, 6.45) is 0. The fourth-order valence-corrected chi connectivity index (χ4v) is 2.11. The Morgan fingerprint density at radius 2 is 1.36 bits per heavy atom. The maximum atomic E-state index is 12.3. The molecule has 6 nitrogen and oxygen atoms in total. The van der Waals surface area contributed by atoms with Gasteiger partial charge >= 0.3 is 11.9 Å².